The molecule has 6 nitrogen and oxygen atoms in total. The summed E-state index contributed by atoms with van der Waals surface area (Å²) in [6.45, 7) is 3.38. The third-order valence-corrected chi connectivity index (χ3v) is 3.55. The van der Waals surface area contributed by atoms with E-state index in [1.54, 1.807) is 0 Å². The molecule has 0 saturated heterocycles. The van der Waals surface area contributed by atoms with Gasteiger partial charge in [-0.05, 0) is 24.1 Å². The fraction of sp³-hybridized carbons (Fsp3) is 0.571. The molecule has 0 aromatic heterocycles. The Hall–Kier alpha value is -1.15. The van der Waals surface area contributed by atoms with Crippen molar-refractivity contribution in [3.8, 4) is 5.75 Å². The molecule has 0 aliphatic heterocycles. The van der Waals surface area contributed by atoms with Crippen molar-refractivity contribution < 1.29 is 18.3 Å². The van der Waals surface area contributed by atoms with Crippen molar-refractivity contribution in [2.24, 2.45) is 0 Å². The van der Waals surface area contributed by atoms with Gasteiger partial charge in [0, 0.05) is 19.6 Å². The zero-order valence-corrected chi connectivity index (χ0v) is 13.3. The molecular weight excluding hydrogens is 292 g/mol. The molecule has 120 valence electrons. The number of rotatable bonds is 10. The van der Waals surface area contributed by atoms with Crippen molar-refractivity contribution in [3.63, 3.8) is 0 Å². The molecule has 0 aliphatic carbocycles. The Labute approximate surface area is 126 Å². The van der Waals surface area contributed by atoms with Gasteiger partial charge in [0.15, 0.2) is 0 Å². The highest BCUT2D eigenvalue weighted by molar-refractivity contribution is 7.88. The summed E-state index contributed by atoms with van der Waals surface area (Å²) < 4.78 is 29.5. The Morgan fingerprint density at radius 3 is 2.48 bits per heavy atom. The van der Waals surface area contributed by atoms with E-state index in [0.29, 0.717) is 19.6 Å². The summed E-state index contributed by atoms with van der Waals surface area (Å²) in [6.07, 6.45) is 1.45. The number of ether oxygens (including phenoxy) is 1. The average Bonchev–Trinajstić information content (AvgIpc) is 2.44. The Balaban J connectivity index is 2.14. The van der Waals surface area contributed by atoms with Gasteiger partial charge in [-0.3, -0.25) is 0 Å². The molecule has 21 heavy (non-hydrogen) atoms. The van der Waals surface area contributed by atoms with Gasteiger partial charge in [0.1, 0.15) is 18.5 Å². The lowest BCUT2D eigenvalue weighted by Crippen LogP contribution is -2.36. The number of hydrogen-bond donors (Lipinski definition) is 3. The van der Waals surface area contributed by atoms with Crippen LogP contribution in [-0.2, 0) is 16.4 Å². The number of benzene rings is 1. The standard InChI is InChI=1S/C14H24N2O4S/c1-3-12-4-6-14(7-5-12)20-11-13(17)10-15-8-9-16-21(2,18)19/h4-7,13,15-17H,3,8-11H2,1-2H3. The molecule has 0 amide bonds. The van der Waals surface area contributed by atoms with Gasteiger partial charge in [-0.2, -0.15) is 0 Å². The Kier molecular flexibility index (Phi) is 7.66. The molecule has 1 atom stereocenters. The van der Waals surface area contributed by atoms with E-state index in [9.17, 15) is 13.5 Å². The Morgan fingerprint density at radius 2 is 1.90 bits per heavy atom. The molecule has 0 saturated carbocycles. The number of aliphatic hydroxyl groups is 1. The minimum Gasteiger partial charge on any atom is -0.491 e. The molecule has 0 spiro atoms. The quantitative estimate of drug-likeness (QED) is 0.534. The minimum absolute atomic E-state index is 0.192. The van der Waals surface area contributed by atoms with Crippen molar-refractivity contribution in [1.82, 2.24) is 10.0 Å². The van der Waals surface area contributed by atoms with E-state index < -0.39 is 16.1 Å². The van der Waals surface area contributed by atoms with Gasteiger partial charge in [-0.15, -0.1) is 0 Å². The second kappa shape index (κ2) is 8.99. The smallest absolute Gasteiger partial charge is 0.208 e. The van der Waals surface area contributed by atoms with E-state index >= 15 is 0 Å². The molecule has 3 N–H and O–H groups in total. The van der Waals surface area contributed by atoms with Crippen LogP contribution >= 0.6 is 0 Å². The molecule has 0 bridgehead atoms. The number of aliphatic hydroxyl groups excluding tert-OH is 1. The molecule has 7 heteroatoms. The number of hydrogen-bond acceptors (Lipinski definition) is 5. The fourth-order valence-electron chi connectivity index (χ4n) is 1.67. The number of nitrogens with one attached hydrogen (secondary N) is 2. The molecule has 1 aromatic carbocycles. The summed E-state index contributed by atoms with van der Waals surface area (Å²) >= 11 is 0. The van der Waals surface area contributed by atoms with Crippen molar-refractivity contribution in [2.75, 3.05) is 32.5 Å². The monoisotopic (exact) mass is 316 g/mol. The van der Waals surface area contributed by atoms with Crippen molar-refractivity contribution >= 4 is 10.0 Å². The van der Waals surface area contributed by atoms with Crippen LogP contribution in [-0.4, -0.2) is 52.1 Å². The number of sulfonamides is 1. The van der Waals surface area contributed by atoms with Crippen LogP contribution in [0.3, 0.4) is 0 Å². The molecule has 0 fully saturated rings. The highest BCUT2D eigenvalue weighted by Crippen LogP contribution is 2.12. The predicted octanol–water partition coefficient (Wildman–Crippen LogP) is 0.128. The number of aryl methyl sites for hydroxylation is 1. The van der Waals surface area contributed by atoms with Gasteiger partial charge in [0.25, 0.3) is 0 Å². The molecule has 0 radical (unpaired) electrons. The Morgan fingerprint density at radius 1 is 1.24 bits per heavy atom. The second-order valence-electron chi connectivity index (χ2n) is 4.83. The van der Waals surface area contributed by atoms with Crippen molar-refractivity contribution in [3.05, 3.63) is 29.8 Å². The van der Waals surface area contributed by atoms with Gasteiger partial charge in [-0.25, -0.2) is 13.1 Å². The summed E-state index contributed by atoms with van der Waals surface area (Å²) in [5, 5.41) is 12.7. The van der Waals surface area contributed by atoms with E-state index in [-0.39, 0.29) is 6.61 Å². The van der Waals surface area contributed by atoms with Crippen LogP contribution in [0.25, 0.3) is 0 Å². The van der Waals surface area contributed by atoms with Crippen molar-refractivity contribution in [2.45, 2.75) is 19.4 Å². The van der Waals surface area contributed by atoms with E-state index in [0.717, 1.165) is 18.4 Å². The largest absolute Gasteiger partial charge is 0.491 e. The van der Waals surface area contributed by atoms with Crippen LogP contribution in [0, 0.1) is 0 Å². The van der Waals surface area contributed by atoms with E-state index in [2.05, 4.69) is 17.0 Å². The van der Waals surface area contributed by atoms with Crippen LogP contribution in [0.2, 0.25) is 0 Å². The summed E-state index contributed by atoms with van der Waals surface area (Å²) in [5.74, 6) is 0.727. The van der Waals surface area contributed by atoms with Gasteiger partial charge in [0.2, 0.25) is 10.0 Å². The Bertz CT molecular complexity index is 502. The summed E-state index contributed by atoms with van der Waals surface area (Å²) in [4.78, 5) is 0. The lowest BCUT2D eigenvalue weighted by Gasteiger charge is -2.13. The van der Waals surface area contributed by atoms with Gasteiger partial charge in [0.05, 0.1) is 6.26 Å². The molecule has 1 aromatic rings. The van der Waals surface area contributed by atoms with Crippen LogP contribution in [0.5, 0.6) is 5.75 Å². The zero-order chi connectivity index (χ0) is 15.7. The lowest BCUT2D eigenvalue weighted by atomic mass is 10.2. The summed E-state index contributed by atoms with van der Waals surface area (Å²) in [5.41, 5.74) is 1.24. The summed E-state index contributed by atoms with van der Waals surface area (Å²) in [6, 6.07) is 7.76. The molecule has 1 rings (SSSR count). The third-order valence-electron chi connectivity index (χ3n) is 2.82. The average molecular weight is 316 g/mol. The maximum Gasteiger partial charge on any atom is 0.208 e. The maximum absolute atomic E-state index is 10.8. The maximum atomic E-state index is 10.8. The molecule has 0 heterocycles. The van der Waals surface area contributed by atoms with E-state index in [4.69, 9.17) is 4.74 Å². The molecule has 0 aliphatic rings. The van der Waals surface area contributed by atoms with Gasteiger partial charge >= 0.3 is 0 Å². The SMILES string of the molecule is CCc1ccc(OCC(O)CNCCNS(C)(=O)=O)cc1. The van der Waals surface area contributed by atoms with Crippen LogP contribution in [0.4, 0.5) is 0 Å². The first kappa shape index (κ1) is 17.9. The topological polar surface area (TPSA) is 87.7 Å². The minimum atomic E-state index is -3.15. The van der Waals surface area contributed by atoms with Crippen molar-refractivity contribution in [1.29, 1.82) is 0 Å². The fourth-order valence-corrected chi connectivity index (χ4v) is 2.14. The highest BCUT2D eigenvalue weighted by atomic mass is 32.2. The normalized spacial score (nSPS) is 13.1. The first-order valence-corrected chi connectivity index (χ1v) is 8.85. The van der Waals surface area contributed by atoms with Gasteiger partial charge in [-0.1, -0.05) is 19.1 Å². The highest BCUT2D eigenvalue weighted by Gasteiger charge is 2.05. The van der Waals surface area contributed by atoms with Crippen LogP contribution < -0.4 is 14.8 Å². The predicted molar refractivity (Wildman–Crippen MR) is 83.0 cm³/mol. The first-order valence-electron chi connectivity index (χ1n) is 6.96. The van der Waals surface area contributed by atoms with Crippen LogP contribution in [0.15, 0.2) is 24.3 Å². The van der Waals surface area contributed by atoms with Gasteiger partial charge < -0.3 is 15.2 Å². The van der Waals surface area contributed by atoms with E-state index in [1.807, 2.05) is 24.3 Å². The lowest BCUT2D eigenvalue weighted by molar-refractivity contribution is 0.107. The summed E-state index contributed by atoms with van der Waals surface area (Å²) in [7, 11) is -3.15. The molecular formula is C14H24N2O4S. The zero-order valence-electron chi connectivity index (χ0n) is 12.5. The second-order valence-corrected chi connectivity index (χ2v) is 6.67. The van der Waals surface area contributed by atoms with E-state index in [1.165, 1.54) is 5.56 Å². The first-order chi connectivity index (χ1) is 9.90. The molecule has 1 unspecified atom stereocenters. The third kappa shape index (κ3) is 8.67. The van der Waals surface area contributed by atoms with Crippen LogP contribution in [0.1, 0.15) is 12.5 Å².